The van der Waals surface area contributed by atoms with Crippen molar-refractivity contribution in [2.24, 2.45) is 0 Å². The number of nitrogens with one attached hydrogen (secondary N) is 2. The maximum atomic E-state index is 10.6. The van der Waals surface area contributed by atoms with Gasteiger partial charge in [-0.2, -0.15) is 0 Å². The van der Waals surface area contributed by atoms with Gasteiger partial charge >= 0.3 is 5.97 Å². The summed E-state index contributed by atoms with van der Waals surface area (Å²) in [5.74, 6) is -1.33. The van der Waals surface area contributed by atoms with Crippen LogP contribution in [0.1, 0.15) is 20.3 Å². The van der Waals surface area contributed by atoms with Crippen molar-refractivity contribution in [3.05, 3.63) is 0 Å². The summed E-state index contributed by atoms with van der Waals surface area (Å²) in [5.41, 5.74) is 0. The molecule has 2 unspecified atom stereocenters. The molecule has 0 spiro atoms. The van der Waals surface area contributed by atoms with Crippen LogP contribution in [0.15, 0.2) is 0 Å². The number of carboxylic acid groups (broad SMARTS) is 1. The van der Waals surface area contributed by atoms with Crippen LogP contribution in [-0.4, -0.2) is 36.1 Å². The van der Waals surface area contributed by atoms with Crippen molar-refractivity contribution in [1.82, 2.24) is 10.6 Å². The van der Waals surface area contributed by atoms with E-state index in [9.17, 15) is 9.59 Å². The number of hydrogen-bond acceptors (Lipinski definition) is 3. The smallest absolute Gasteiger partial charge is 0.326 e. The van der Waals surface area contributed by atoms with Crippen molar-refractivity contribution in [3.63, 3.8) is 0 Å². The quantitative estimate of drug-likeness (QED) is 0.547. The lowest BCUT2D eigenvalue weighted by molar-refractivity contribution is -0.141. The van der Waals surface area contributed by atoms with Gasteiger partial charge in [0, 0.05) is 13.0 Å². The molecule has 76 valence electrons. The lowest BCUT2D eigenvalue weighted by Crippen LogP contribution is -2.43. The minimum Gasteiger partial charge on any atom is -0.480 e. The van der Waals surface area contributed by atoms with Gasteiger partial charge in [0.25, 0.3) is 0 Å². The maximum absolute atomic E-state index is 10.6. The average Bonchev–Trinajstić information content (AvgIpc) is 2.02. The van der Waals surface area contributed by atoms with E-state index in [1.165, 1.54) is 6.92 Å². The minimum absolute atomic E-state index is 0.0629. The minimum atomic E-state index is -1.00. The molecule has 0 aliphatic heterocycles. The van der Waals surface area contributed by atoms with E-state index in [2.05, 4.69) is 10.6 Å². The monoisotopic (exact) mass is 188 g/mol. The molecule has 1 amide bonds. The maximum Gasteiger partial charge on any atom is 0.326 e. The number of carboxylic acids is 1. The first kappa shape index (κ1) is 11.9. The van der Waals surface area contributed by atoms with Crippen LogP contribution in [0.3, 0.4) is 0 Å². The molecule has 5 heteroatoms. The summed E-state index contributed by atoms with van der Waals surface area (Å²) in [6.45, 7) is 3.16. The van der Waals surface area contributed by atoms with Gasteiger partial charge in [0.1, 0.15) is 6.04 Å². The highest BCUT2D eigenvalue weighted by Crippen LogP contribution is 1.97. The van der Waals surface area contributed by atoms with Crippen LogP contribution >= 0.6 is 0 Å². The van der Waals surface area contributed by atoms with Crippen molar-refractivity contribution in [3.8, 4) is 0 Å². The van der Waals surface area contributed by atoms with Crippen LogP contribution in [0.25, 0.3) is 0 Å². The van der Waals surface area contributed by atoms with Gasteiger partial charge in [-0.05, 0) is 20.4 Å². The molecule has 0 heterocycles. The normalized spacial score (nSPS) is 14.7. The molecule has 0 aromatic carbocycles. The summed E-state index contributed by atoms with van der Waals surface area (Å²) in [7, 11) is 1.75. The molecule has 0 bridgehead atoms. The molecule has 0 saturated carbocycles. The Morgan fingerprint density at radius 3 is 2.31 bits per heavy atom. The summed E-state index contributed by atoms with van der Waals surface area (Å²) >= 11 is 0. The zero-order valence-corrected chi connectivity index (χ0v) is 8.13. The fraction of sp³-hybridized carbons (Fsp3) is 0.750. The van der Waals surface area contributed by atoms with E-state index in [0.717, 1.165) is 0 Å². The third-order valence-corrected chi connectivity index (χ3v) is 1.76. The highest BCUT2D eigenvalue weighted by molar-refractivity contribution is 5.82. The Morgan fingerprint density at radius 2 is 2.00 bits per heavy atom. The SMILES string of the molecule is CNC(C)CC(NC(C)=O)C(=O)O. The summed E-state index contributed by atoms with van der Waals surface area (Å²) in [5, 5.41) is 14.0. The molecule has 0 aromatic rings. The third-order valence-electron chi connectivity index (χ3n) is 1.76. The first-order valence-electron chi connectivity index (χ1n) is 4.14. The molecule has 13 heavy (non-hydrogen) atoms. The number of carbonyl (C=O) groups is 2. The highest BCUT2D eigenvalue weighted by Gasteiger charge is 2.20. The van der Waals surface area contributed by atoms with Gasteiger partial charge in [0.15, 0.2) is 0 Å². The second-order valence-electron chi connectivity index (χ2n) is 3.02. The van der Waals surface area contributed by atoms with Crippen molar-refractivity contribution < 1.29 is 14.7 Å². The predicted octanol–water partition coefficient (Wildman–Crippen LogP) is -0.426. The van der Waals surface area contributed by atoms with Crippen LogP contribution in [-0.2, 0) is 9.59 Å². The molecule has 2 atom stereocenters. The first-order chi connectivity index (χ1) is 5.97. The Bertz CT molecular complexity index is 194. The highest BCUT2D eigenvalue weighted by atomic mass is 16.4. The second-order valence-corrected chi connectivity index (χ2v) is 3.02. The van der Waals surface area contributed by atoms with E-state index in [1.807, 2.05) is 6.92 Å². The third kappa shape index (κ3) is 5.19. The number of aliphatic carboxylic acids is 1. The van der Waals surface area contributed by atoms with Crippen LogP contribution in [0.4, 0.5) is 0 Å². The van der Waals surface area contributed by atoms with E-state index in [-0.39, 0.29) is 11.9 Å². The van der Waals surface area contributed by atoms with Crippen LogP contribution in [0.5, 0.6) is 0 Å². The fourth-order valence-corrected chi connectivity index (χ4v) is 0.938. The first-order valence-corrected chi connectivity index (χ1v) is 4.14. The molecule has 0 aromatic heterocycles. The molecule has 0 saturated heterocycles. The van der Waals surface area contributed by atoms with Gasteiger partial charge in [0.2, 0.25) is 5.91 Å². The summed E-state index contributed by atoms with van der Waals surface area (Å²) < 4.78 is 0. The zero-order valence-electron chi connectivity index (χ0n) is 8.13. The Hall–Kier alpha value is -1.10. The Morgan fingerprint density at radius 1 is 1.46 bits per heavy atom. The molecular weight excluding hydrogens is 172 g/mol. The standard InChI is InChI=1S/C8H16N2O3/c1-5(9-3)4-7(8(12)13)10-6(2)11/h5,7,9H,4H2,1-3H3,(H,10,11)(H,12,13). The van der Waals surface area contributed by atoms with Gasteiger partial charge < -0.3 is 15.7 Å². The van der Waals surface area contributed by atoms with E-state index in [1.54, 1.807) is 7.05 Å². The largest absolute Gasteiger partial charge is 0.480 e. The fourth-order valence-electron chi connectivity index (χ4n) is 0.938. The van der Waals surface area contributed by atoms with E-state index < -0.39 is 12.0 Å². The molecule has 0 rings (SSSR count). The number of amides is 1. The Labute approximate surface area is 77.5 Å². The molecule has 0 aliphatic rings. The summed E-state index contributed by atoms with van der Waals surface area (Å²) in [6, 6.07) is -0.743. The van der Waals surface area contributed by atoms with E-state index >= 15 is 0 Å². The van der Waals surface area contributed by atoms with Crippen LogP contribution in [0, 0.1) is 0 Å². The van der Waals surface area contributed by atoms with Gasteiger partial charge in [-0.1, -0.05) is 0 Å². The molecular formula is C8H16N2O3. The lowest BCUT2D eigenvalue weighted by atomic mass is 10.1. The van der Waals surface area contributed by atoms with Crippen LogP contribution < -0.4 is 10.6 Å². The topological polar surface area (TPSA) is 78.4 Å². The van der Waals surface area contributed by atoms with E-state index in [4.69, 9.17) is 5.11 Å². The van der Waals surface area contributed by atoms with Gasteiger partial charge in [-0.3, -0.25) is 4.79 Å². The van der Waals surface area contributed by atoms with Crippen molar-refractivity contribution >= 4 is 11.9 Å². The van der Waals surface area contributed by atoms with Gasteiger partial charge in [-0.25, -0.2) is 4.79 Å². The zero-order chi connectivity index (χ0) is 10.4. The second kappa shape index (κ2) is 5.53. The number of hydrogen-bond donors (Lipinski definition) is 3. The molecule has 0 aliphatic carbocycles. The van der Waals surface area contributed by atoms with Gasteiger partial charge in [0.05, 0.1) is 0 Å². The number of rotatable bonds is 5. The lowest BCUT2D eigenvalue weighted by Gasteiger charge is -2.17. The molecule has 0 radical (unpaired) electrons. The predicted molar refractivity (Wildman–Crippen MR) is 48.4 cm³/mol. The van der Waals surface area contributed by atoms with Crippen molar-refractivity contribution in [2.75, 3.05) is 7.05 Å². The van der Waals surface area contributed by atoms with Crippen LogP contribution in [0.2, 0.25) is 0 Å². The van der Waals surface area contributed by atoms with Gasteiger partial charge in [-0.15, -0.1) is 0 Å². The molecule has 0 fully saturated rings. The van der Waals surface area contributed by atoms with E-state index in [0.29, 0.717) is 6.42 Å². The summed E-state index contributed by atoms with van der Waals surface area (Å²) in [6.07, 6.45) is 0.380. The Balaban J connectivity index is 4.10. The summed E-state index contributed by atoms with van der Waals surface area (Å²) in [4.78, 5) is 21.3. The van der Waals surface area contributed by atoms with Crippen molar-refractivity contribution in [2.45, 2.75) is 32.4 Å². The number of carbonyl (C=O) groups excluding carboxylic acids is 1. The average molecular weight is 188 g/mol. The molecule has 5 nitrogen and oxygen atoms in total. The molecule has 3 N–H and O–H groups in total. The van der Waals surface area contributed by atoms with Crippen molar-refractivity contribution in [1.29, 1.82) is 0 Å². The Kier molecular flexibility index (Phi) is 5.06.